The van der Waals surface area contributed by atoms with Crippen molar-refractivity contribution >= 4 is 35.1 Å². The lowest BCUT2D eigenvalue weighted by Gasteiger charge is -2.28. The van der Waals surface area contributed by atoms with Crippen LogP contribution in [-0.2, 0) is 15.8 Å². The van der Waals surface area contributed by atoms with Gasteiger partial charge in [-0.2, -0.15) is 0 Å². The first-order chi connectivity index (χ1) is 16.5. The van der Waals surface area contributed by atoms with Gasteiger partial charge in [0, 0.05) is 13.8 Å². The fraction of sp³-hybridized carbons (Fsp3) is 0.103. The minimum absolute atomic E-state index is 0.345. The quantitative estimate of drug-likeness (QED) is 0.216. The van der Waals surface area contributed by atoms with Crippen molar-refractivity contribution in [1.82, 2.24) is 0 Å². The second kappa shape index (κ2) is 10.5. The summed E-state index contributed by atoms with van der Waals surface area (Å²) in [5.41, 5.74) is 1.23. The van der Waals surface area contributed by atoms with Crippen LogP contribution in [0.3, 0.4) is 0 Å². The molecule has 0 aliphatic carbocycles. The maximum Gasteiger partial charge on any atom is 0.308 e. The van der Waals surface area contributed by atoms with Crippen molar-refractivity contribution in [3.63, 3.8) is 0 Å². The van der Waals surface area contributed by atoms with Crippen LogP contribution in [0.1, 0.15) is 19.4 Å². The van der Waals surface area contributed by atoms with Crippen LogP contribution in [0.2, 0.25) is 0 Å². The molecule has 0 bridgehead atoms. The molecule has 5 heteroatoms. The molecule has 0 aromatic heterocycles. The van der Waals surface area contributed by atoms with E-state index < -0.39 is 7.26 Å². The zero-order valence-corrected chi connectivity index (χ0v) is 20.1. The van der Waals surface area contributed by atoms with Gasteiger partial charge in [0.15, 0.2) is 0 Å². The largest absolute Gasteiger partial charge is 0.427 e. The molecule has 0 fully saturated rings. The Hall–Kier alpha value is -3.75. The molecule has 0 heterocycles. The molecule has 0 aliphatic rings. The average molecular weight is 469 g/mol. The van der Waals surface area contributed by atoms with E-state index in [9.17, 15) is 9.59 Å². The highest BCUT2D eigenvalue weighted by molar-refractivity contribution is 7.95. The third kappa shape index (κ3) is 5.24. The van der Waals surface area contributed by atoms with Crippen molar-refractivity contribution in [2.24, 2.45) is 0 Å². The smallest absolute Gasteiger partial charge is 0.308 e. The van der Waals surface area contributed by atoms with E-state index in [4.69, 9.17) is 9.47 Å². The first-order valence-electron chi connectivity index (χ1n) is 11.0. The molecule has 0 aliphatic heterocycles. The molecule has 170 valence electrons. The second-order valence-corrected chi connectivity index (χ2v) is 11.4. The van der Waals surface area contributed by atoms with Crippen LogP contribution in [-0.4, -0.2) is 11.9 Å². The van der Waals surface area contributed by atoms with Crippen LogP contribution in [0.15, 0.2) is 109 Å². The Morgan fingerprint density at radius 1 is 0.559 bits per heavy atom. The molecule has 4 aromatic rings. The molecular weight excluding hydrogens is 443 g/mol. The van der Waals surface area contributed by atoms with Crippen LogP contribution in [0.25, 0.3) is 0 Å². The number of benzene rings is 4. The van der Waals surface area contributed by atoms with E-state index >= 15 is 0 Å². The highest BCUT2D eigenvalue weighted by Gasteiger charge is 2.45. The van der Waals surface area contributed by atoms with Gasteiger partial charge in [0.2, 0.25) is 0 Å². The summed E-state index contributed by atoms with van der Waals surface area (Å²) >= 11 is 0. The van der Waals surface area contributed by atoms with Crippen LogP contribution < -0.4 is 25.4 Å². The van der Waals surface area contributed by atoms with Gasteiger partial charge in [-0.3, -0.25) is 9.59 Å². The van der Waals surface area contributed by atoms with Crippen LogP contribution in [0.4, 0.5) is 0 Å². The summed E-state index contributed by atoms with van der Waals surface area (Å²) in [5.74, 6) is 0.351. The Bertz CT molecular complexity index is 1190. The number of hydrogen-bond acceptors (Lipinski definition) is 4. The number of ether oxygens (including phenoxy) is 2. The van der Waals surface area contributed by atoms with Gasteiger partial charge in [0.25, 0.3) is 0 Å². The Kier molecular flexibility index (Phi) is 7.20. The lowest BCUT2D eigenvalue weighted by molar-refractivity contribution is -0.132. The molecule has 0 atom stereocenters. The van der Waals surface area contributed by atoms with E-state index in [0.29, 0.717) is 11.5 Å². The molecule has 0 radical (unpaired) electrons. The average Bonchev–Trinajstić information content (AvgIpc) is 2.84. The standard InChI is InChI=1S/C29H26O4P/c1-22(30)32-25-13-17-28(18-14-25)34(27-11-7-4-8-12-27,21-24-9-5-3-6-10-24)29-19-15-26(16-20-29)33-23(2)31/h3-20H,21H2,1-2H3/q+1. The number of hydrogen-bond donors (Lipinski definition) is 0. The number of esters is 2. The van der Waals surface area contributed by atoms with Crippen molar-refractivity contribution in [3.05, 3.63) is 115 Å². The fourth-order valence-corrected chi connectivity index (χ4v) is 8.33. The monoisotopic (exact) mass is 469 g/mol. The molecule has 4 nitrogen and oxygen atoms in total. The van der Waals surface area contributed by atoms with Crippen LogP contribution >= 0.6 is 7.26 Å². The molecule has 4 aromatic carbocycles. The summed E-state index contributed by atoms with van der Waals surface area (Å²) in [6.45, 7) is 2.80. The number of carbonyl (C=O) groups is 2. The summed E-state index contributed by atoms with van der Waals surface area (Å²) in [6, 6.07) is 36.6. The SMILES string of the molecule is CC(=O)Oc1ccc([P+](Cc2ccccc2)(c2ccccc2)c2ccc(OC(C)=O)cc2)cc1. The molecule has 34 heavy (non-hydrogen) atoms. The molecule has 0 spiro atoms. The van der Waals surface area contributed by atoms with Gasteiger partial charge < -0.3 is 9.47 Å². The molecule has 0 saturated carbocycles. The van der Waals surface area contributed by atoms with E-state index in [1.807, 2.05) is 36.4 Å². The highest BCUT2D eigenvalue weighted by Crippen LogP contribution is 2.58. The zero-order valence-electron chi connectivity index (χ0n) is 19.2. The van der Waals surface area contributed by atoms with E-state index in [2.05, 4.69) is 72.8 Å². The predicted octanol–water partition coefficient (Wildman–Crippen LogP) is 5.03. The third-order valence-corrected chi connectivity index (χ3v) is 9.92. The minimum Gasteiger partial charge on any atom is -0.427 e. The van der Waals surface area contributed by atoms with Crippen molar-refractivity contribution in [1.29, 1.82) is 0 Å². The Morgan fingerprint density at radius 3 is 1.35 bits per heavy atom. The lowest BCUT2D eigenvalue weighted by Crippen LogP contribution is -2.32. The molecule has 4 rings (SSSR count). The van der Waals surface area contributed by atoms with Crippen molar-refractivity contribution < 1.29 is 19.1 Å². The summed E-state index contributed by atoms with van der Waals surface area (Å²) < 4.78 is 10.6. The van der Waals surface area contributed by atoms with Crippen molar-refractivity contribution in [2.45, 2.75) is 20.0 Å². The van der Waals surface area contributed by atoms with Gasteiger partial charge in [0.1, 0.15) is 34.7 Å². The van der Waals surface area contributed by atoms with E-state index in [1.54, 1.807) is 0 Å². The van der Waals surface area contributed by atoms with Gasteiger partial charge in [-0.25, -0.2) is 0 Å². The number of rotatable bonds is 7. The first kappa shape index (κ1) is 23.4. The van der Waals surface area contributed by atoms with Crippen LogP contribution in [0, 0.1) is 0 Å². The van der Waals surface area contributed by atoms with Gasteiger partial charge in [-0.15, -0.1) is 0 Å². The second-order valence-electron chi connectivity index (χ2n) is 7.96. The Labute approximate surface area is 200 Å². The molecular formula is C29H26O4P+. The molecule has 0 N–H and O–H groups in total. The highest BCUT2D eigenvalue weighted by atomic mass is 31.2. The van der Waals surface area contributed by atoms with Gasteiger partial charge in [-0.05, 0) is 66.2 Å². The summed E-state index contributed by atoms with van der Waals surface area (Å²) in [5, 5.41) is 3.57. The Morgan fingerprint density at radius 2 is 0.941 bits per heavy atom. The topological polar surface area (TPSA) is 52.6 Å². The van der Waals surface area contributed by atoms with Gasteiger partial charge in [-0.1, -0.05) is 48.5 Å². The maximum absolute atomic E-state index is 11.4. The summed E-state index contributed by atoms with van der Waals surface area (Å²) in [7, 11) is -2.16. The Balaban J connectivity index is 1.92. The minimum atomic E-state index is -2.16. The van der Waals surface area contributed by atoms with Crippen molar-refractivity contribution in [2.75, 3.05) is 0 Å². The summed E-state index contributed by atoms with van der Waals surface area (Å²) in [6.07, 6.45) is 0.817. The van der Waals surface area contributed by atoms with Crippen LogP contribution in [0.5, 0.6) is 11.5 Å². The third-order valence-electron chi connectivity index (χ3n) is 5.54. The van der Waals surface area contributed by atoms with E-state index in [-0.39, 0.29) is 11.9 Å². The molecule has 0 unspecified atom stereocenters. The molecule has 0 saturated heterocycles. The first-order valence-corrected chi connectivity index (χ1v) is 13.0. The van der Waals surface area contributed by atoms with Gasteiger partial charge in [0.05, 0.1) is 6.16 Å². The fourth-order valence-electron chi connectivity index (χ4n) is 4.13. The maximum atomic E-state index is 11.4. The lowest BCUT2D eigenvalue weighted by atomic mass is 10.2. The zero-order chi connectivity index (χ0) is 24.0. The number of carbonyl (C=O) groups excluding carboxylic acids is 2. The van der Waals surface area contributed by atoms with Gasteiger partial charge >= 0.3 is 11.9 Å². The normalized spacial score (nSPS) is 11.0. The van der Waals surface area contributed by atoms with Crippen molar-refractivity contribution in [3.8, 4) is 11.5 Å². The summed E-state index contributed by atoms with van der Waals surface area (Å²) in [4.78, 5) is 22.9. The molecule has 0 amide bonds. The van der Waals surface area contributed by atoms with E-state index in [1.165, 1.54) is 35.3 Å². The predicted molar refractivity (Wildman–Crippen MR) is 138 cm³/mol. The van der Waals surface area contributed by atoms with E-state index in [0.717, 1.165) is 6.16 Å².